The maximum atomic E-state index is 11.5. The van der Waals surface area contributed by atoms with Crippen LogP contribution in [0.3, 0.4) is 0 Å². The van der Waals surface area contributed by atoms with Crippen LogP contribution in [-0.2, 0) is 11.2 Å². The van der Waals surface area contributed by atoms with Gasteiger partial charge >= 0.3 is 6.03 Å². The SMILES string of the molecule is C=CCNC(=O)Nc1ccc2c(c1)CCC(=O)N2. The molecule has 0 saturated carbocycles. The largest absolute Gasteiger partial charge is 0.334 e. The van der Waals surface area contributed by atoms with Crippen LogP contribution >= 0.6 is 0 Å². The predicted molar refractivity (Wildman–Crippen MR) is 70.6 cm³/mol. The van der Waals surface area contributed by atoms with E-state index >= 15 is 0 Å². The van der Waals surface area contributed by atoms with Gasteiger partial charge in [-0.3, -0.25) is 4.79 Å². The van der Waals surface area contributed by atoms with Gasteiger partial charge in [-0.15, -0.1) is 6.58 Å². The number of aryl methyl sites for hydroxylation is 1. The van der Waals surface area contributed by atoms with Gasteiger partial charge in [0, 0.05) is 24.3 Å². The molecule has 18 heavy (non-hydrogen) atoms. The molecule has 1 heterocycles. The van der Waals surface area contributed by atoms with Crippen LogP contribution in [0.5, 0.6) is 0 Å². The molecule has 0 aromatic heterocycles. The van der Waals surface area contributed by atoms with Crippen LogP contribution < -0.4 is 16.0 Å². The molecule has 0 aliphatic carbocycles. The summed E-state index contributed by atoms with van der Waals surface area (Å²) in [4.78, 5) is 22.7. The number of fused-ring (bicyclic) bond motifs is 1. The van der Waals surface area contributed by atoms with E-state index in [2.05, 4.69) is 22.5 Å². The predicted octanol–water partition coefficient (Wildman–Crippen LogP) is 1.88. The number of hydrogen-bond acceptors (Lipinski definition) is 2. The minimum Gasteiger partial charge on any atom is -0.334 e. The molecule has 0 bridgehead atoms. The number of amides is 3. The summed E-state index contributed by atoms with van der Waals surface area (Å²) in [6, 6.07) is 5.17. The Bertz CT molecular complexity index is 497. The van der Waals surface area contributed by atoms with Gasteiger partial charge < -0.3 is 16.0 Å². The summed E-state index contributed by atoms with van der Waals surface area (Å²) >= 11 is 0. The summed E-state index contributed by atoms with van der Waals surface area (Å²) in [6.07, 6.45) is 2.80. The Hall–Kier alpha value is -2.30. The van der Waals surface area contributed by atoms with Gasteiger partial charge in [-0.25, -0.2) is 4.79 Å². The molecule has 0 saturated heterocycles. The first kappa shape index (κ1) is 12.2. The molecule has 2 rings (SSSR count). The number of anilines is 2. The lowest BCUT2D eigenvalue weighted by Crippen LogP contribution is -2.28. The van der Waals surface area contributed by atoms with Crippen LogP contribution in [0.4, 0.5) is 16.2 Å². The van der Waals surface area contributed by atoms with E-state index < -0.39 is 0 Å². The number of benzene rings is 1. The molecule has 1 aromatic carbocycles. The van der Waals surface area contributed by atoms with Crippen LogP contribution in [0.1, 0.15) is 12.0 Å². The molecule has 0 atom stereocenters. The number of carbonyl (C=O) groups is 2. The third-order valence-corrected chi connectivity index (χ3v) is 2.67. The van der Waals surface area contributed by atoms with Gasteiger partial charge in [-0.1, -0.05) is 6.08 Å². The van der Waals surface area contributed by atoms with Crippen LogP contribution in [-0.4, -0.2) is 18.5 Å². The van der Waals surface area contributed by atoms with Crippen molar-refractivity contribution in [3.63, 3.8) is 0 Å². The highest BCUT2D eigenvalue weighted by Crippen LogP contribution is 2.25. The lowest BCUT2D eigenvalue weighted by atomic mass is 10.0. The van der Waals surface area contributed by atoms with Gasteiger partial charge in [0.25, 0.3) is 0 Å². The van der Waals surface area contributed by atoms with E-state index in [1.165, 1.54) is 0 Å². The van der Waals surface area contributed by atoms with E-state index in [9.17, 15) is 9.59 Å². The van der Waals surface area contributed by atoms with Gasteiger partial charge in [0.2, 0.25) is 5.91 Å². The molecule has 3 N–H and O–H groups in total. The second kappa shape index (κ2) is 5.35. The molecule has 5 heteroatoms. The molecule has 94 valence electrons. The highest BCUT2D eigenvalue weighted by atomic mass is 16.2. The monoisotopic (exact) mass is 245 g/mol. The van der Waals surface area contributed by atoms with Gasteiger partial charge in [0.1, 0.15) is 0 Å². The number of carbonyl (C=O) groups excluding carboxylic acids is 2. The summed E-state index contributed by atoms with van der Waals surface area (Å²) in [5.74, 6) is 0.0342. The van der Waals surface area contributed by atoms with E-state index in [4.69, 9.17) is 0 Å². The molecule has 1 aliphatic heterocycles. The number of hydrogen-bond donors (Lipinski definition) is 3. The quantitative estimate of drug-likeness (QED) is 0.711. The molecule has 3 amide bonds. The number of nitrogens with one attached hydrogen (secondary N) is 3. The highest BCUT2D eigenvalue weighted by Gasteiger charge is 2.14. The average Bonchev–Trinajstić information content (AvgIpc) is 2.36. The highest BCUT2D eigenvalue weighted by molar-refractivity contribution is 5.95. The molecule has 5 nitrogen and oxygen atoms in total. The third kappa shape index (κ3) is 2.88. The van der Waals surface area contributed by atoms with Crippen LogP contribution in [0.15, 0.2) is 30.9 Å². The molecular formula is C13H15N3O2. The summed E-state index contributed by atoms with van der Waals surface area (Å²) < 4.78 is 0. The lowest BCUT2D eigenvalue weighted by molar-refractivity contribution is -0.116. The Morgan fingerprint density at radius 2 is 2.28 bits per heavy atom. The molecular weight excluding hydrogens is 230 g/mol. The Labute approximate surface area is 105 Å². The van der Waals surface area contributed by atoms with Gasteiger partial charge in [-0.2, -0.15) is 0 Å². The van der Waals surface area contributed by atoms with Gasteiger partial charge in [0.15, 0.2) is 0 Å². The minimum atomic E-state index is -0.269. The van der Waals surface area contributed by atoms with E-state index in [-0.39, 0.29) is 11.9 Å². The van der Waals surface area contributed by atoms with Crippen molar-refractivity contribution in [3.05, 3.63) is 36.4 Å². The van der Waals surface area contributed by atoms with E-state index in [1.807, 2.05) is 6.07 Å². The minimum absolute atomic E-state index is 0.0342. The van der Waals surface area contributed by atoms with E-state index in [0.717, 1.165) is 11.3 Å². The molecule has 0 spiro atoms. The van der Waals surface area contributed by atoms with Crippen LogP contribution in [0.2, 0.25) is 0 Å². The maximum Gasteiger partial charge on any atom is 0.319 e. The van der Waals surface area contributed by atoms with Gasteiger partial charge in [-0.05, 0) is 30.2 Å². The van der Waals surface area contributed by atoms with Crippen molar-refractivity contribution in [2.24, 2.45) is 0 Å². The summed E-state index contributed by atoms with van der Waals surface area (Å²) in [5.41, 5.74) is 2.57. The second-order valence-electron chi connectivity index (χ2n) is 4.04. The zero-order valence-electron chi connectivity index (χ0n) is 9.95. The number of urea groups is 1. The Balaban J connectivity index is 2.05. The molecule has 1 aromatic rings. The molecule has 0 fully saturated rings. The van der Waals surface area contributed by atoms with Gasteiger partial charge in [0.05, 0.1) is 0 Å². The first-order chi connectivity index (χ1) is 8.69. The first-order valence-corrected chi connectivity index (χ1v) is 5.77. The molecule has 0 unspecified atom stereocenters. The van der Waals surface area contributed by atoms with Crippen molar-refractivity contribution in [1.82, 2.24) is 5.32 Å². The van der Waals surface area contributed by atoms with E-state index in [1.54, 1.807) is 18.2 Å². The fourth-order valence-electron chi connectivity index (χ4n) is 1.80. The van der Waals surface area contributed by atoms with Crippen molar-refractivity contribution in [2.45, 2.75) is 12.8 Å². The van der Waals surface area contributed by atoms with E-state index in [0.29, 0.717) is 25.1 Å². The maximum absolute atomic E-state index is 11.5. The first-order valence-electron chi connectivity index (χ1n) is 5.77. The van der Waals surface area contributed by atoms with Crippen molar-refractivity contribution < 1.29 is 9.59 Å². The summed E-state index contributed by atoms with van der Waals surface area (Å²) in [7, 11) is 0. The Morgan fingerprint density at radius 1 is 1.44 bits per heavy atom. The van der Waals surface area contributed by atoms with Crippen molar-refractivity contribution in [2.75, 3.05) is 17.2 Å². The fraction of sp³-hybridized carbons (Fsp3) is 0.231. The van der Waals surface area contributed by atoms with Crippen LogP contribution in [0.25, 0.3) is 0 Å². The van der Waals surface area contributed by atoms with Crippen molar-refractivity contribution >= 4 is 23.3 Å². The van der Waals surface area contributed by atoms with Crippen LogP contribution in [0, 0.1) is 0 Å². The normalized spacial score (nSPS) is 13.2. The Morgan fingerprint density at radius 3 is 3.06 bits per heavy atom. The smallest absolute Gasteiger partial charge is 0.319 e. The van der Waals surface area contributed by atoms with Crippen molar-refractivity contribution in [3.8, 4) is 0 Å². The zero-order chi connectivity index (χ0) is 13.0. The zero-order valence-corrected chi connectivity index (χ0v) is 9.95. The molecule has 1 aliphatic rings. The standard InChI is InChI=1S/C13H15N3O2/c1-2-7-14-13(18)15-10-4-5-11-9(8-10)3-6-12(17)16-11/h2,4-5,8H,1,3,6-7H2,(H,16,17)(H2,14,15,18). The second-order valence-corrected chi connectivity index (χ2v) is 4.04. The summed E-state index contributed by atoms with van der Waals surface area (Å²) in [6.45, 7) is 3.95. The molecule has 0 radical (unpaired) electrons. The topological polar surface area (TPSA) is 70.2 Å². The lowest BCUT2D eigenvalue weighted by Gasteiger charge is -2.17. The Kier molecular flexibility index (Phi) is 3.62. The fourth-order valence-corrected chi connectivity index (χ4v) is 1.80. The summed E-state index contributed by atoms with van der Waals surface area (Å²) in [5, 5.41) is 8.15. The average molecular weight is 245 g/mol. The third-order valence-electron chi connectivity index (χ3n) is 2.67. The number of rotatable bonds is 3. The van der Waals surface area contributed by atoms with Crippen molar-refractivity contribution in [1.29, 1.82) is 0 Å².